The third kappa shape index (κ3) is 3.13. The molecule has 4 amide bonds. The Hall–Kier alpha value is -3.55. The summed E-state index contributed by atoms with van der Waals surface area (Å²) in [6.07, 6.45) is 3.12. The molecule has 1 fully saturated rings. The van der Waals surface area contributed by atoms with Crippen molar-refractivity contribution in [2.75, 3.05) is 32.7 Å². The molecular formula is C20H18N4O4. The van der Waals surface area contributed by atoms with Crippen molar-refractivity contribution in [3.8, 4) is 0 Å². The van der Waals surface area contributed by atoms with E-state index >= 15 is 0 Å². The number of piperazine rings is 1. The maximum atomic E-state index is 12.6. The smallest absolute Gasteiger partial charge is 0.262 e. The van der Waals surface area contributed by atoms with E-state index in [1.54, 1.807) is 52.4 Å². The van der Waals surface area contributed by atoms with Gasteiger partial charge in [0, 0.05) is 38.6 Å². The molecule has 0 spiro atoms. The van der Waals surface area contributed by atoms with Crippen LogP contribution in [0.4, 0.5) is 0 Å². The van der Waals surface area contributed by atoms with E-state index in [0.29, 0.717) is 42.9 Å². The van der Waals surface area contributed by atoms with Crippen LogP contribution in [0.2, 0.25) is 0 Å². The van der Waals surface area contributed by atoms with Gasteiger partial charge in [0.25, 0.3) is 17.7 Å². The maximum absolute atomic E-state index is 12.6. The van der Waals surface area contributed by atoms with Gasteiger partial charge in [0.05, 0.1) is 16.7 Å². The molecule has 0 saturated carbocycles. The highest BCUT2D eigenvalue weighted by molar-refractivity contribution is 6.22. The third-order valence-electron chi connectivity index (χ3n) is 5.00. The minimum Gasteiger partial charge on any atom is -0.338 e. The molecule has 0 unspecified atom stereocenters. The van der Waals surface area contributed by atoms with Crippen LogP contribution in [-0.4, -0.2) is 76.0 Å². The number of amides is 4. The molecular weight excluding hydrogens is 360 g/mol. The lowest BCUT2D eigenvalue weighted by Gasteiger charge is -2.35. The number of benzene rings is 1. The number of imide groups is 1. The van der Waals surface area contributed by atoms with Gasteiger partial charge in [-0.15, -0.1) is 0 Å². The van der Waals surface area contributed by atoms with Gasteiger partial charge >= 0.3 is 0 Å². The molecule has 0 atom stereocenters. The number of fused-ring (bicyclic) bond motifs is 1. The van der Waals surface area contributed by atoms with Crippen LogP contribution in [0.5, 0.6) is 0 Å². The number of pyridine rings is 1. The maximum Gasteiger partial charge on any atom is 0.262 e. The Bertz CT molecular complexity index is 917. The van der Waals surface area contributed by atoms with Gasteiger partial charge in [-0.2, -0.15) is 0 Å². The van der Waals surface area contributed by atoms with Gasteiger partial charge in [0.15, 0.2) is 0 Å². The summed E-state index contributed by atoms with van der Waals surface area (Å²) in [6, 6.07) is 9.96. The van der Waals surface area contributed by atoms with Crippen molar-refractivity contribution in [2.45, 2.75) is 0 Å². The molecule has 28 heavy (non-hydrogen) atoms. The highest BCUT2D eigenvalue weighted by Gasteiger charge is 2.37. The van der Waals surface area contributed by atoms with E-state index in [2.05, 4.69) is 4.98 Å². The minimum absolute atomic E-state index is 0.124. The lowest BCUT2D eigenvalue weighted by Crippen LogP contribution is -2.53. The summed E-state index contributed by atoms with van der Waals surface area (Å²) in [5.74, 6) is -1.32. The fourth-order valence-corrected chi connectivity index (χ4v) is 3.45. The lowest BCUT2D eigenvalue weighted by atomic mass is 10.1. The van der Waals surface area contributed by atoms with E-state index in [0.717, 1.165) is 4.90 Å². The van der Waals surface area contributed by atoms with E-state index in [1.807, 2.05) is 0 Å². The Morgan fingerprint density at radius 3 is 2.04 bits per heavy atom. The van der Waals surface area contributed by atoms with Crippen molar-refractivity contribution in [1.29, 1.82) is 0 Å². The predicted molar refractivity (Wildman–Crippen MR) is 98.5 cm³/mol. The molecule has 1 aromatic heterocycles. The second kappa shape index (κ2) is 7.22. The fraction of sp³-hybridized carbons (Fsp3) is 0.250. The normalized spacial score (nSPS) is 16.4. The molecule has 2 aliphatic rings. The summed E-state index contributed by atoms with van der Waals surface area (Å²) in [6.45, 7) is 1.20. The molecule has 4 rings (SSSR count). The number of aromatic nitrogens is 1. The van der Waals surface area contributed by atoms with E-state index in [1.165, 1.54) is 6.20 Å². The van der Waals surface area contributed by atoms with Crippen molar-refractivity contribution in [3.63, 3.8) is 0 Å². The van der Waals surface area contributed by atoms with Crippen LogP contribution in [0.25, 0.3) is 0 Å². The van der Waals surface area contributed by atoms with E-state index in [9.17, 15) is 19.2 Å². The van der Waals surface area contributed by atoms with Crippen LogP contribution in [0.3, 0.4) is 0 Å². The molecule has 0 N–H and O–H groups in total. The van der Waals surface area contributed by atoms with Gasteiger partial charge in [0.2, 0.25) is 5.91 Å². The zero-order valence-electron chi connectivity index (χ0n) is 15.1. The van der Waals surface area contributed by atoms with Gasteiger partial charge in [-0.1, -0.05) is 12.1 Å². The first-order valence-electron chi connectivity index (χ1n) is 8.98. The van der Waals surface area contributed by atoms with Crippen LogP contribution in [0.1, 0.15) is 31.1 Å². The molecule has 2 aromatic rings. The first-order chi connectivity index (χ1) is 13.6. The van der Waals surface area contributed by atoms with E-state index in [-0.39, 0.29) is 18.4 Å². The highest BCUT2D eigenvalue weighted by atomic mass is 16.2. The SMILES string of the molecule is O=C(CN1C(=O)c2ccccc2C1=O)N1CCN(C(=O)c2cccnc2)CC1. The predicted octanol–water partition coefficient (Wildman–Crippen LogP) is 0.662. The van der Waals surface area contributed by atoms with Crippen LogP contribution >= 0.6 is 0 Å². The molecule has 2 aliphatic heterocycles. The van der Waals surface area contributed by atoms with Gasteiger partial charge in [0.1, 0.15) is 6.54 Å². The molecule has 3 heterocycles. The van der Waals surface area contributed by atoms with Crippen LogP contribution in [-0.2, 0) is 4.79 Å². The lowest BCUT2D eigenvalue weighted by molar-refractivity contribution is -0.132. The van der Waals surface area contributed by atoms with Crippen molar-refractivity contribution in [1.82, 2.24) is 19.7 Å². The van der Waals surface area contributed by atoms with E-state index in [4.69, 9.17) is 0 Å². The number of nitrogens with zero attached hydrogens (tertiary/aromatic N) is 4. The highest BCUT2D eigenvalue weighted by Crippen LogP contribution is 2.22. The van der Waals surface area contributed by atoms with E-state index < -0.39 is 11.8 Å². The van der Waals surface area contributed by atoms with Gasteiger partial charge in [-0.05, 0) is 24.3 Å². The number of hydrogen-bond acceptors (Lipinski definition) is 5. The summed E-state index contributed by atoms with van der Waals surface area (Å²) in [5, 5.41) is 0. The number of hydrogen-bond donors (Lipinski definition) is 0. The Morgan fingerprint density at radius 1 is 0.857 bits per heavy atom. The number of rotatable bonds is 3. The Balaban J connectivity index is 1.36. The molecule has 0 radical (unpaired) electrons. The Morgan fingerprint density at radius 2 is 1.46 bits per heavy atom. The Labute approximate surface area is 161 Å². The third-order valence-corrected chi connectivity index (χ3v) is 5.00. The van der Waals surface area contributed by atoms with Crippen molar-refractivity contribution in [3.05, 3.63) is 65.5 Å². The van der Waals surface area contributed by atoms with Gasteiger partial charge in [-0.25, -0.2) is 0 Å². The molecule has 1 saturated heterocycles. The van der Waals surface area contributed by atoms with Gasteiger partial charge < -0.3 is 9.80 Å². The van der Waals surface area contributed by atoms with Crippen molar-refractivity contribution in [2.24, 2.45) is 0 Å². The molecule has 8 nitrogen and oxygen atoms in total. The Kier molecular flexibility index (Phi) is 4.60. The zero-order valence-corrected chi connectivity index (χ0v) is 15.1. The molecule has 0 bridgehead atoms. The number of carbonyl (C=O) groups is 4. The molecule has 142 valence electrons. The monoisotopic (exact) mass is 378 g/mol. The molecule has 0 aliphatic carbocycles. The summed E-state index contributed by atoms with van der Waals surface area (Å²) < 4.78 is 0. The van der Waals surface area contributed by atoms with Crippen molar-refractivity contribution >= 4 is 23.6 Å². The second-order valence-corrected chi connectivity index (χ2v) is 6.66. The largest absolute Gasteiger partial charge is 0.338 e. The quantitative estimate of drug-likeness (QED) is 0.732. The topological polar surface area (TPSA) is 90.9 Å². The minimum atomic E-state index is -0.445. The summed E-state index contributed by atoms with van der Waals surface area (Å²) in [4.78, 5) is 58.0. The summed E-state index contributed by atoms with van der Waals surface area (Å²) in [5.41, 5.74) is 1.16. The van der Waals surface area contributed by atoms with Crippen molar-refractivity contribution < 1.29 is 19.2 Å². The van der Waals surface area contributed by atoms with Crippen LogP contribution in [0, 0.1) is 0 Å². The molecule has 8 heteroatoms. The van der Waals surface area contributed by atoms with Gasteiger partial charge in [-0.3, -0.25) is 29.1 Å². The summed E-state index contributed by atoms with van der Waals surface area (Å²) in [7, 11) is 0. The first kappa shape index (κ1) is 17.8. The van der Waals surface area contributed by atoms with Crippen LogP contribution in [0.15, 0.2) is 48.8 Å². The molecule has 1 aromatic carbocycles. The average molecular weight is 378 g/mol. The standard InChI is InChI=1S/C20H18N4O4/c25-17(13-24-19(27)15-5-1-2-6-16(15)20(24)28)22-8-10-23(11-9-22)18(26)14-4-3-7-21-12-14/h1-7,12H,8-11,13H2. The fourth-order valence-electron chi connectivity index (χ4n) is 3.45. The summed E-state index contributed by atoms with van der Waals surface area (Å²) >= 11 is 0. The first-order valence-corrected chi connectivity index (χ1v) is 8.98. The second-order valence-electron chi connectivity index (χ2n) is 6.66. The average Bonchev–Trinajstić information content (AvgIpc) is 2.99. The zero-order chi connectivity index (χ0) is 19.7. The van der Waals surface area contributed by atoms with Crippen LogP contribution < -0.4 is 0 Å². The number of carbonyl (C=O) groups excluding carboxylic acids is 4.